The minimum atomic E-state index is -5.77. The molecule has 2 aliphatic rings. The highest BCUT2D eigenvalue weighted by Crippen LogP contribution is 2.34. The molecule has 0 saturated carbocycles. The van der Waals surface area contributed by atoms with Gasteiger partial charge < -0.3 is 4.90 Å². The van der Waals surface area contributed by atoms with Crippen molar-refractivity contribution in [3.05, 3.63) is 0 Å². The summed E-state index contributed by atoms with van der Waals surface area (Å²) >= 11 is 9.78. The molecule has 2 rings (SSSR count). The topological polar surface area (TPSA) is 62.2 Å². The van der Waals surface area contributed by atoms with E-state index >= 15 is 0 Å². The van der Waals surface area contributed by atoms with Gasteiger partial charge in [-0.15, -0.1) is 14.6 Å². The van der Waals surface area contributed by atoms with Gasteiger partial charge in [-0.25, -0.2) is 0 Å². The summed E-state index contributed by atoms with van der Waals surface area (Å²) in [4.78, 5) is 1.41. The summed E-state index contributed by atoms with van der Waals surface area (Å²) in [5.74, 6) is 0. The van der Waals surface area contributed by atoms with Crippen LogP contribution in [0, 0.1) is 0 Å². The minimum absolute atomic E-state index is 0.131. The SMILES string of the molecule is O=S(=O)(ON1N=C(Cl)N2CCC(S)C12)C(F)(F)F. The number of hydroxylamine groups is 1. The molecule has 104 valence electrons. The molecule has 0 N–H and O–H groups in total. The molecule has 2 unspecified atom stereocenters. The zero-order valence-corrected chi connectivity index (χ0v) is 11.0. The van der Waals surface area contributed by atoms with Gasteiger partial charge >= 0.3 is 15.6 Å². The maximum absolute atomic E-state index is 12.2. The molecule has 0 spiro atoms. The van der Waals surface area contributed by atoms with Crippen LogP contribution in [-0.2, 0) is 14.4 Å². The molecule has 0 aromatic carbocycles. The van der Waals surface area contributed by atoms with E-state index in [0.29, 0.717) is 18.1 Å². The molecular weight excluding hydrogens is 319 g/mol. The van der Waals surface area contributed by atoms with Gasteiger partial charge in [0.2, 0.25) is 5.29 Å². The predicted octanol–water partition coefficient (Wildman–Crippen LogP) is 0.923. The number of fused-ring (bicyclic) bond motifs is 1. The number of amidine groups is 1. The van der Waals surface area contributed by atoms with Crippen molar-refractivity contribution in [3.8, 4) is 0 Å². The number of hydrogen-bond donors (Lipinski definition) is 1. The summed E-state index contributed by atoms with van der Waals surface area (Å²) in [6, 6.07) is 0. The first-order valence-electron chi connectivity index (χ1n) is 4.62. The van der Waals surface area contributed by atoms with E-state index in [4.69, 9.17) is 11.6 Å². The lowest BCUT2D eigenvalue weighted by Crippen LogP contribution is -2.43. The third kappa shape index (κ3) is 2.24. The molecule has 2 heterocycles. The largest absolute Gasteiger partial charge is 0.525 e. The van der Waals surface area contributed by atoms with E-state index in [-0.39, 0.29) is 5.29 Å². The molecule has 0 radical (unpaired) electrons. The Morgan fingerprint density at radius 1 is 1.50 bits per heavy atom. The van der Waals surface area contributed by atoms with Crippen LogP contribution >= 0.6 is 24.2 Å². The van der Waals surface area contributed by atoms with Crippen molar-refractivity contribution in [2.75, 3.05) is 6.54 Å². The summed E-state index contributed by atoms with van der Waals surface area (Å²) < 4.78 is 62.2. The van der Waals surface area contributed by atoms with Crippen molar-refractivity contribution in [1.82, 2.24) is 10.1 Å². The highest BCUT2D eigenvalue weighted by Gasteiger charge is 2.53. The molecule has 0 aromatic heterocycles. The van der Waals surface area contributed by atoms with E-state index in [9.17, 15) is 21.6 Å². The molecule has 12 heteroatoms. The summed E-state index contributed by atoms with van der Waals surface area (Å²) in [7, 11) is -5.77. The fourth-order valence-electron chi connectivity index (χ4n) is 1.63. The Hall–Kier alpha value is -0.390. The van der Waals surface area contributed by atoms with Gasteiger partial charge in [0.15, 0.2) is 6.17 Å². The van der Waals surface area contributed by atoms with Gasteiger partial charge in [0.1, 0.15) is 0 Å². The van der Waals surface area contributed by atoms with Crippen LogP contribution in [0.4, 0.5) is 13.2 Å². The quantitative estimate of drug-likeness (QED) is 0.465. The van der Waals surface area contributed by atoms with Crippen LogP contribution in [-0.4, -0.2) is 47.3 Å². The second-order valence-corrected chi connectivity index (χ2v) is 6.13. The van der Waals surface area contributed by atoms with Crippen molar-refractivity contribution >= 4 is 39.6 Å². The molecule has 2 atom stereocenters. The van der Waals surface area contributed by atoms with Crippen LogP contribution in [0.15, 0.2) is 5.10 Å². The number of thiol groups is 1. The molecule has 6 nitrogen and oxygen atoms in total. The fourth-order valence-corrected chi connectivity index (χ4v) is 2.69. The van der Waals surface area contributed by atoms with E-state index in [1.54, 1.807) is 0 Å². The van der Waals surface area contributed by atoms with Crippen molar-refractivity contribution < 1.29 is 25.9 Å². The molecule has 1 fully saturated rings. The maximum Gasteiger partial charge on any atom is 0.525 e. The van der Waals surface area contributed by atoms with Crippen molar-refractivity contribution in [3.63, 3.8) is 0 Å². The Bertz CT molecular complexity index is 482. The Labute approximate surface area is 111 Å². The van der Waals surface area contributed by atoms with Crippen LogP contribution in [0.2, 0.25) is 0 Å². The van der Waals surface area contributed by atoms with E-state index in [0.717, 1.165) is 0 Å². The number of nitrogens with zero attached hydrogens (tertiary/aromatic N) is 3. The lowest BCUT2D eigenvalue weighted by molar-refractivity contribution is -0.126. The van der Waals surface area contributed by atoms with Gasteiger partial charge in [0.05, 0.1) is 0 Å². The third-order valence-corrected chi connectivity index (χ3v) is 4.17. The lowest BCUT2D eigenvalue weighted by atomic mass is 10.3. The number of hydrogen-bond acceptors (Lipinski definition) is 7. The second-order valence-electron chi connectivity index (χ2n) is 3.61. The van der Waals surface area contributed by atoms with Crippen LogP contribution < -0.4 is 0 Å². The normalized spacial score (nSPS) is 28.6. The zero-order valence-electron chi connectivity index (χ0n) is 8.50. The van der Waals surface area contributed by atoms with Crippen molar-refractivity contribution in [2.45, 2.75) is 23.3 Å². The summed E-state index contributed by atoms with van der Waals surface area (Å²) in [6.45, 7) is 0.410. The number of rotatable bonds is 2. The fraction of sp³-hybridized carbons (Fsp3) is 0.833. The van der Waals surface area contributed by atoms with Crippen LogP contribution in [0.5, 0.6) is 0 Å². The van der Waals surface area contributed by atoms with E-state index in [1.807, 2.05) is 0 Å². The van der Waals surface area contributed by atoms with E-state index in [1.165, 1.54) is 4.90 Å². The number of halogens is 4. The molecule has 0 aromatic rings. The average Bonchev–Trinajstić information content (AvgIpc) is 2.69. The van der Waals surface area contributed by atoms with E-state index < -0.39 is 27.0 Å². The molecule has 18 heavy (non-hydrogen) atoms. The minimum Gasteiger partial charge on any atom is -0.320 e. The third-order valence-electron chi connectivity index (χ3n) is 2.43. The standard InChI is InChI=1S/C6H7ClF3N3O3S2/c7-5-11-13(4-3(17)1-2-12(4)5)16-18(14,15)6(8,9)10/h3-4,17H,1-2H2. The summed E-state index contributed by atoms with van der Waals surface area (Å²) in [6.07, 6.45) is -0.344. The Balaban J connectivity index is 2.21. The molecule has 0 aliphatic carbocycles. The Morgan fingerprint density at radius 2 is 2.11 bits per heavy atom. The first-order chi connectivity index (χ1) is 8.13. The highest BCUT2D eigenvalue weighted by molar-refractivity contribution is 7.87. The van der Waals surface area contributed by atoms with Gasteiger partial charge in [-0.05, 0) is 18.0 Å². The van der Waals surface area contributed by atoms with Crippen molar-refractivity contribution in [2.24, 2.45) is 5.10 Å². The first-order valence-corrected chi connectivity index (χ1v) is 6.92. The highest BCUT2D eigenvalue weighted by atomic mass is 35.5. The molecule has 2 aliphatic heterocycles. The molecule has 0 bridgehead atoms. The maximum atomic E-state index is 12.2. The molecular formula is C6H7ClF3N3O3S2. The smallest absolute Gasteiger partial charge is 0.320 e. The Kier molecular flexibility index (Phi) is 3.37. The number of hydrazone groups is 1. The van der Waals surface area contributed by atoms with Gasteiger partial charge in [-0.2, -0.15) is 34.2 Å². The summed E-state index contributed by atoms with van der Waals surface area (Å²) in [5, 5.41) is 3.19. The van der Waals surface area contributed by atoms with E-state index in [2.05, 4.69) is 22.0 Å². The van der Waals surface area contributed by atoms with Crippen LogP contribution in [0.3, 0.4) is 0 Å². The van der Waals surface area contributed by atoms with Gasteiger partial charge in [0.25, 0.3) is 0 Å². The monoisotopic (exact) mass is 325 g/mol. The first kappa shape index (κ1) is 14.0. The van der Waals surface area contributed by atoms with Crippen LogP contribution in [0.1, 0.15) is 6.42 Å². The predicted molar refractivity (Wildman–Crippen MR) is 59.1 cm³/mol. The number of alkyl halides is 3. The van der Waals surface area contributed by atoms with Gasteiger partial charge in [-0.1, -0.05) is 0 Å². The Morgan fingerprint density at radius 3 is 2.67 bits per heavy atom. The second kappa shape index (κ2) is 4.32. The van der Waals surface area contributed by atoms with Crippen LogP contribution in [0.25, 0.3) is 0 Å². The zero-order chi connectivity index (χ0) is 13.7. The van der Waals surface area contributed by atoms with Gasteiger partial charge in [0, 0.05) is 11.8 Å². The molecule has 1 saturated heterocycles. The summed E-state index contributed by atoms with van der Waals surface area (Å²) in [5.41, 5.74) is -5.52. The van der Waals surface area contributed by atoms with Crippen molar-refractivity contribution in [1.29, 1.82) is 0 Å². The molecule has 0 amide bonds. The average molecular weight is 326 g/mol. The lowest BCUT2D eigenvalue weighted by Gasteiger charge is -2.25. The van der Waals surface area contributed by atoms with Gasteiger partial charge in [-0.3, -0.25) is 0 Å².